The second-order valence-electron chi connectivity index (χ2n) is 2.12. The van der Waals surface area contributed by atoms with Crippen LogP contribution in [0.15, 0.2) is 24.3 Å². The van der Waals surface area contributed by atoms with Crippen LogP contribution in [0.4, 0.5) is 0 Å². The molecule has 0 heterocycles. The molecule has 1 heteroatoms. The predicted octanol–water partition coefficient (Wildman–Crippen LogP) is 2.88. The van der Waals surface area contributed by atoms with Crippen LogP contribution in [0.1, 0.15) is 18.1 Å². The Balaban J connectivity index is 0. The molecule has 1 aromatic rings. The molecule has 0 saturated carbocycles. The van der Waals surface area contributed by atoms with Gasteiger partial charge in [0.1, 0.15) is 0 Å². The van der Waals surface area contributed by atoms with E-state index in [1.165, 1.54) is 5.56 Å². The minimum atomic E-state index is 0. The van der Waals surface area contributed by atoms with E-state index < -0.39 is 0 Å². The summed E-state index contributed by atoms with van der Waals surface area (Å²) < 4.78 is 0. The molecule has 0 aliphatic heterocycles. The molecule has 0 aromatic heterocycles. The van der Waals surface area contributed by atoms with Crippen molar-refractivity contribution in [3.8, 4) is 0 Å². The molecular formula is C10H14U. The fraction of sp³-hybridized carbons (Fsp3) is 0.200. The van der Waals surface area contributed by atoms with Crippen LogP contribution in [0.2, 0.25) is 0 Å². The molecule has 11 heavy (non-hydrogen) atoms. The number of aryl methyl sites for hydroxylation is 1. The van der Waals surface area contributed by atoms with Crippen LogP contribution in [0.25, 0.3) is 0 Å². The summed E-state index contributed by atoms with van der Waals surface area (Å²) >= 11 is 0. The van der Waals surface area contributed by atoms with Crippen LogP contribution in [-0.4, -0.2) is 0 Å². The van der Waals surface area contributed by atoms with Crippen LogP contribution in [-0.2, 0) is 6.42 Å². The first-order valence-corrected chi connectivity index (χ1v) is 3.24. The van der Waals surface area contributed by atoms with E-state index in [0.29, 0.717) is 0 Å². The molecule has 0 spiro atoms. The monoisotopic (exact) mass is 372 g/mol. The molecule has 0 N–H and O–H groups in total. The summed E-state index contributed by atoms with van der Waals surface area (Å²) in [6, 6.07) is 8.22. The maximum atomic E-state index is 3.89. The number of rotatable bonds is 1. The summed E-state index contributed by atoms with van der Waals surface area (Å²) in [6.45, 7) is 6.03. The fourth-order valence-electron chi connectivity index (χ4n) is 0.902. The standard InChI is InChI=1S/C9H11.CH3.U/c1-3-9-7-5-4-6-8(9)2;;/h4-7H,2-3H2,1H3;1H3;/q2*-1;+2. The third-order valence-corrected chi connectivity index (χ3v) is 1.50. The van der Waals surface area contributed by atoms with Crippen molar-refractivity contribution < 1.29 is 31.1 Å². The van der Waals surface area contributed by atoms with Gasteiger partial charge in [0.05, 0.1) is 0 Å². The second-order valence-corrected chi connectivity index (χ2v) is 2.12. The molecule has 0 bridgehead atoms. The Morgan fingerprint density at radius 2 is 1.82 bits per heavy atom. The second kappa shape index (κ2) is 6.83. The van der Waals surface area contributed by atoms with Gasteiger partial charge in [-0.15, -0.1) is 17.7 Å². The zero-order valence-corrected chi connectivity index (χ0v) is 11.4. The van der Waals surface area contributed by atoms with E-state index in [2.05, 4.69) is 19.9 Å². The van der Waals surface area contributed by atoms with Gasteiger partial charge >= 0.3 is 31.1 Å². The van der Waals surface area contributed by atoms with Gasteiger partial charge in [-0.25, -0.2) is 0 Å². The summed E-state index contributed by atoms with van der Waals surface area (Å²) in [5, 5.41) is 0. The first kappa shape index (κ1) is 13.7. The van der Waals surface area contributed by atoms with Gasteiger partial charge in [-0.3, -0.25) is 0 Å². The predicted molar refractivity (Wildman–Crippen MR) is 46.7 cm³/mol. The van der Waals surface area contributed by atoms with Crippen LogP contribution in [0.3, 0.4) is 0 Å². The van der Waals surface area contributed by atoms with E-state index in [9.17, 15) is 0 Å². The molecule has 1 aromatic carbocycles. The van der Waals surface area contributed by atoms with Crippen LogP contribution in [0, 0.1) is 45.5 Å². The fourth-order valence-corrected chi connectivity index (χ4v) is 0.902. The van der Waals surface area contributed by atoms with E-state index in [0.717, 1.165) is 12.0 Å². The van der Waals surface area contributed by atoms with Crippen molar-refractivity contribution in [2.24, 2.45) is 0 Å². The Morgan fingerprint density at radius 1 is 1.27 bits per heavy atom. The molecule has 0 atom stereocenters. The van der Waals surface area contributed by atoms with Crippen molar-refractivity contribution >= 4 is 0 Å². The Hall–Kier alpha value is 0.142. The summed E-state index contributed by atoms with van der Waals surface area (Å²) in [5.41, 5.74) is 2.50. The number of hydrogen-bond donors (Lipinski definition) is 0. The first-order valence-electron chi connectivity index (χ1n) is 3.24. The van der Waals surface area contributed by atoms with Gasteiger partial charge in [0.25, 0.3) is 0 Å². The van der Waals surface area contributed by atoms with Gasteiger partial charge < -0.3 is 7.43 Å². The van der Waals surface area contributed by atoms with E-state index in [1.807, 2.05) is 18.2 Å². The molecule has 0 unspecified atom stereocenters. The Labute approximate surface area is 93.8 Å². The molecule has 1 rings (SSSR count). The smallest absolute Gasteiger partial charge is 0.358 e. The molecule has 0 nitrogen and oxygen atoms in total. The largest absolute Gasteiger partial charge is 2.00 e. The molecule has 0 fully saturated rings. The SMILES string of the molecule is [CH2-]c1ccccc1CC.[CH3-].[U+2]. The molecule has 0 aliphatic carbocycles. The Kier molecular flexibility index (Phi) is 8.51. The van der Waals surface area contributed by atoms with Gasteiger partial charge in [0.15, 0.2) is 0 Å². The molecule has 0 aliphatic rings. The molecule has 0 radical (unpaired) electrons. The summed E-state index contributed by atoms with van der Waals surface area (Å²) in [7, 11) is 0. The van der Waals surface area contributed by atoms with Crippen molar-refractivity contribution in [3.63, 3.8) is 0 Å². The summed E-state index contributed by atoms with van der Waals surface area (Å²) in [5.74, 6) is 0. The van der Waals surface area contributed by atoms with Crippen LogP contribution in [0.5, 0.6) is 0 Å². The van der Waals surface area contributed by atoms with Crippen LogP contribution >= 0.6 is 0 Å². The van der Waals surface area contributed by atoms with Crippen molar-refractivity contribution in [2.45, 2.75) is 13.3 Å². The topological polar surface area (TPSA) is 0 Å². The van der Waals surface area contributed by atoms with Crippen molar-refractivity contribution in [3.05, 3.63) is 49.7 Å². The quantitative estimate of drug-likeness (QED) is 0.666. The van der Waals surface area contributed by atoms with Crippen molar-refractivity contribution in [1.29, 1.82) is 0 Å². The third-order valence-electron chi connectivity index (χ3n) is 1.50. The zero-order valence-electron chi connectivity index (χ0n) is 7.22. The maximum Gasteiger partial charge on any atom is 2.00 e. The van der Waals surface area contributed by atoms with E-state index in [1.54, 1.807) is 0 Å². The average Bonchev–Trinajstić information content (AvgIpc) is 1.89. The van der Waals surface area contributed by atoms with Crippen molar-refractivity contribution in [2.75, 3.05) is 0 Å². The molecule has 0 saturated heterocycles. The Bertz CT molecular complexity index is 194. The van der Waals surface area contributed by atoms with E-state index in [4.69, 9.17) is 0 Å². The molecular weight excluding hydrogens is 358 g/mol. The van der Waals surface area contributed by atoms with Crippen LogP contribution < -0.4 is 0 Å². The van der Waals surface area contributed by atoms with Gasteiger partial charge in [0, 0.05) is 0 Å². The van der Waals surface area contributed by atoms with Gasteiger partial charge in [-0.1, -0.05) is 19.4 Å². The molecule has 0 amide bonds. The molecule has 58 valence electrons. The van der Waals surface area contributed by atoms with Crippen molar-refractivity contribution in [1.82, 2.24) is 0 Å². The zero-order chi connectivity index (χ0) is 6.69. The summed E-state index contributed by atoms with van der Waals surface area (Å²) in [4.78, 5) is 0. The van der Waals surface area contributed by atoms with E-state index in [-0.39, 0.29) is 38.5 Å². The average molecular weight is 372 g/mol. The van der Waals surface area contributed by atoms with E-state index >= 15 is 0 Å². The minimum absolute atomic E-state index is 0. The number of benzene rings is 1. The van der Waals surface area contributed by atoms with Gasteiger partial charge in [0.2, 0.25) is 0 Å². The maximum absolute atomic E-state index is 3.89. The minimum Gasteiger partial charge on any atom is -0.358 e. The van der Waals surface area contributed by atoms with Gasteiger partial charge in [-0.05, 0) is 0 Å². The first-order chi connectivity index (χ1) is 4.34. The van der Waals surface area contributed by atoms with Gasteiger partial charge in [-0.2, -0.15) is 18.6 Å². The summed E-state index contributed by atoms with van der Waals surface area (Å²) in [6.07, 6.45) is 1.08. The third kappa shape index (κ3) is 3.89. The normalized spacial score (nSPS) is 7.73. The number of hydrogen-bond acceptors (Lipinski definition) is 0. The Morgan fingerprint density at radius 3 is 2.18 bits per heavy atom.